The summed E-state index contributed by atoms with van der Waals surface area (Å²) in [5, 5.41) is 3.48. The molecule has 0 saturated heterocycles. The van der Waals surface area contributed by atoms with Crippen LogP contribution in [0.15, 0.2) is 156 Å². The Balaban J connectivity index is 1.23. The zero-order valence-corrected chi connectivity index (χ0v) is 23.7. The predicted octanol–water partition coefficient (Wildman–Crippen LogP) is 10.5. The molecule has 3 heterocycles. The maximum absolute atomic E-state index is 6.70. The fourth-order valence-corrected chi connectivity index (χ4v) is 6.39. The van der Waals surface area contributed by atoms with Gasteiger partial charge in [0, 0.05) is 38.5 Å². The summed E-state index contributed by atoms with van der Waals surface area (Å²) in [4.78, 5) is 10.1. The van der Waals surface area contributed by atoms with E-state index in [1.54, 1.807) is 0 Å². The SMILES string of the molecule is c1ccc(-c2nc(-c3ccccc3)c3oc4c(-c5ccc(-n6c7ccccc7c7ccccc76)cc5)cccc4c3n2)cc1. The van der Waals surface area contributed by atoms with Gasteiger partial charge in [-0.3, -0.25) is 0 Å². The molecule has 206 valence electrons. The Morgan fingerprint density at radius 1 is 0.432 bits per heavy atom. The fraction of sp³-hybridized carbons (Fsp3) is 0. The van der Waals surface area contributed by atoms with Crippen LogP contribution < -0.4 is 0 Å². The lowest BCUT2D eigenvalue weighted by Gasteiger charge is -2.09. The topological polar surface area (TPSA) is 43.9 Å². The maximum Gasteiger partial charge on any atom is 0.180 e. The Hall–Kier alpha value is -6.00. The average Bonchev–Trinajstić information content (AvgIpc) is 3.65. The summed E-state index contributed by atoms with van der Waals surface area (Å²) in [6, 6.07) is 52.5. The number of para-hydroxylation sites is 3. The van der Waals surface area contributed by atoms with Gasteiger partial charge in [0.2, 0.25) is 0 Å². The lowest BCUT2D eigenvalue weighted by molar-refractivity contribution is 0.668. The molecule has 4 nitrogen and oxygen atoms in total. The Bertz CT molecular complexity index is 2420. The second-order valence-electron chi connectivity index (χ2n) is 11.0. The van der Waals surface area contributed by atoms with Gasteiger partial charge in [0.1, 0.15) is 16.8 Å². The summed E-state index contributed by atoms with van der Waals surface area (Å²) in [6.45, 7) is 0. The fourth-order valence-electron chi connectivity index (χ4n) is 6.39. The van der Waals surface area contributed by atoms with Crippen LogP contribution >= 0.6 is 0 Å². The molecule has 0 aliphatic rings. The van der Waals surface area contributed by atoms with Crippen LogP contribution in [0.25, 0.3) is 83.3 Å². The number of furan rings is 1. The van der Waals surface area contributed by atoms with Crippen LogP contribution in [-0.4, -0.2) is 14.5 Å². The normalized spacial score (nSPS) is 11.6. The molecule has 0 spiro atoms. The Kier molecular flexibility index (Phi) is 5.47. The maximum atomic E-state index is 6.70. The molecule has 0 fully saturated rings. The second-order valence-corrected chi connectivity index (χ2v) is 11.0. The number of hydrogen-bond donors (Lipinski definition) is 0. The van der Waals surface area contributed by atoms with E-state index in [1.807, 2.05) is 48.5 Å². The molecular weight excluding hydrogens is 538 g/mol. The molecule has 0 unspecified atom stereocenters. The number of nitrogens with zero attached hydrogens (tertiary/aromatic N) is 3. The van der Waals surface area contributed by atoms with Crippen molar-refractivity contribution in [3.63, 3.8) is 0 Å². The molecule has 6 aromatic carbocycles. The van der Waals surface area contributed by atoms with Crippen LogP contribution in [0.2, 0.25) is 0 Å². The first-order chi connectivity index (χ1) is 21.8. The van der Waals surface area contributed by atoms with Gasteiger partial charge in [-0.05, 0) is 35.9 Å². The van der Waals surface area contributed by atoms with Crippen molar-refractivity contribution in [3.05, 3.63) is 152 Å². The van der Waals surface area contributed by atoms with Crippen molar-refractivity contribution in [3.8, 4) is 39.5 Å². The molecule has 0 N–H and O–H groups in total. The van der Waals surface area contributed by atoms with E-state index in [0.717, 1.165) is 50.1 Å². The molecule has 0 aliphatic carbocycles. The smallest absolute Gasteiger partial charge is 0.180 e. The highest BCUT2D eigenvalue weighted by molar-refractivity contribution is 6.11. The second kappa shape index (κ2) is 9.79. The van der Waals surface area contributed by atoms with E-state index in [2.05, 4.69) is 108 Å². The molecule has 4 heteroatoms. The van der Waals surface area contributed by atoms with E-state index < -0.39 is 0 Å². The van der Waals surface area contributed by atoms with E-state index >= 15 is 0 Å². The third-order valence-corrected chi connectivity index (χ3v) is 8.44. The largest absolute Gasteiger partial charge is 0.451 e. The van der Waals surface area contributed by atoms with Gasteiger partial charge in [-0.1, -0.05) is 121 Å². The summed E-state index contributed by atoms with van der Waals surface area (Å²) < 4.78 is 9.04. The molecule has 0 radical (unpaired) electrons. The molecule has 0 aliphatic heterocycles. The third-order valence-electron chi connectivity index (χ3n) is 8.44. The molecule has 0 saturated carbocycles. The van der Waals surface area contributed by atoms with Crippen molar-refractivity contribution >= 4 is 43.9 Å². The molecule has 0 atom stereocenters. The van der Waals surface area contributed by atoms with Gasteiger partial charge in [0.15, 0.2) is 11.4 Å². The minimum atomic E-state index is 0.681. The minimum Gasteiger partial charge on any atom is -0.451 e. The molecular formula is C40H25N3O. The minimum absolute atomic E-state index is 0.681. The van der Waals surface area contributed by atoms with Crippen LogP contribution in [-0.2, 0) is 0 Å². The lowest BCUT2D eigenvalue weighted by Crippen LogP contribution is -1.93. The van der Waals surface area contributed by atoms with Gasteiger partial charge in [-0.15, -0.1) is 0 Å². The number of hydrogen-bond acceptors (Lipinski definition) is 3. The number of aromatic nitrogens is 3. The van der Waals surface area contributed by atoms with Crippen molar-refractivity contribution in [2.75, 3.05) is 0 Å². The van der Waals surface area contributed by atoms with Gasteiger partial charge in [-0.2, -0.15) is 0 Å². The molecule has 9 rings (SSSR count). The van der Waals surface area contributed by atoms with Crippen LogP contribution in [0.5, 0.6) is 0 Å². The standard InChI is InChI=1S/C40H25N3O/c1-3-12-27(13-4-1)36-39-37(42-40(41-36)28-14-5-2-6-15-28)33-19-11-18-30(38(33)44-39)26-22-24-29(25-23-26)43-34-20-9-7-16-31(34)32-17-8-10-21-35(32)43/h1-25H. The van der Waals surface area contributed by atoms with Crippen molar-refractivity contribution in [1.29, 1.82) is 0 Å². The Morgan fingerprint density at radius 2 is 1.02 bits per heavy atom. The number of rotatable bonds is 4. The van der Waals surface area contributed by atoms with Crippen LogP contribution in [0.3, 0.4) is 0 Å². The van der Waals surface area contributed by atoms with Crippen molar-refractivity contribution in [1.82, 2.24) is 14.5 Å². The van der Waals surface area contributed by atoms with Gasteiger partial charge in [-0.25, -0.2) is 9.97 Å². The summed E-state index contributed by atoms with van der Waals surface area (Å²) >= 11 is 0. The Morgan fingerprint density at radius 3 is 1.70 bits per heavy atom. The molecule has 3 aromatic heterocycles. The first-order valence-electron chi connectivity index (χ1n) is 14.8. The number of benzene rings is 6. The summed E-state index contributed by atoms with van der Waals surface area (Å²) in [5.41, 5.74) is 10.7. The van der Waals surface area contributed by atoms with Gasteiger partial charge >= 0.3 is 0 Å². The molecule has 44 heavy (non-hydrogen) atoms. The zero-order valence-electron chi connectivity index (χ0n) is 23.7. The first-order valence-corrected chi connectivity index (χ1v) is 14.8. The number of fused-ring (bicyclic) bond motifs is 6. The van der Waals surface area contributed by atoms with E-state index in [0.29, 0.717) is 11.4 Å². The van der Waals surface area contributed by atoms with Crippen molar-refractivity contribution < 1.29 is 4.42 Å². The van der Waals surface area contributed by atoms with Gasteiger partial charge in [0.05, 0.1) is 11.0 Å². The van der Waals surface area contributed by atoms with E-state index in [-0.39, 0.29) is 0 Å². The van der Waals surface area contributed by atoms with Crippen LogP contribution in [0.4, 0.5) is 0 Å². The Labute approximate surface area is 253 Å². The quantitative estimate of drug-likeness (QED) is 0.214. The van der Waals surface area contributed by atoms with Crippen molar-refractivity contribution in [2.45, 2.75) is 0 Å². The predicted molar refractivity (Wildman–Crippen MR) is 180 cm³/mol. The molecule has 0 bridgehead atoms. The summed E-state index contributed by atoms with van der Waals surface area (Å²) in [7, 11) is 0. The highest BCUT2D eigenvalue weighted by Gasteiger charge is 2.20. The van der Waals surface area contributed by atoms with Gasteiger partial charge in [0.25, 0.3) is 0 Å². The third kappa shape index (κ3) is 3.78. The van der Waals surface area contributed by atoms with E-state index in [9.17, 15) is 0 Å². The van der Waals surface area contributed by atoms with Gasteiger partial charge < -0.3 is 8.98 Å². The summed E-state index contributed by atoms with van der Waals surface area (Å²) in [6.07, 6.45) is 0. The average molecular weight is 564 g/mol. The van der Waals surface area contributed by atoms with E-state index in [4.69, 9.17) is 14.4 Å². The highest BCUT2D eigenvalue weighted by atomic mass is 16.3. The van der Waals surface area contributed by atoms with Crippen LogP contribution in [0, 0.1) is 0 Å². The lowest BCUT2D eigenvalue weighted by atomic mass is 10.0. The molecule has 9 aromatic rings. The highest BCUT2D eigenvalue weighted by Crippen LogP contribution is 2.40. The molecule has 0 amide bonds. The first kappa shape index (κ1) is 24.6. The summed E-state index contributed by atoms with van der Waals surface area (Å²) in [5.74, 6) is 0.681. The van der Waals surface area contributed by atoms with Crippen molar-refractivity contribution in [2.24, 2.45) is 0 Å². The van der Waals surface area contributed by atoms with Crippen LogP contribution in [0.1, 0.15) is 0 Å². The monoisotopic (exact) mass is 563 g/mol. The van der Waals surface area contributed by atoms with E-state index in [1.165, 1.54) is 21.8 Å². The zero-order chi connectivity index (χ0) is 29.0.